The van der Waals surface area contributed by atoms with Crippen molar-refractivity contribution in [3.8, 4) is 0 Å². The average molecular weight is 281 g/mol. The third-order valence-corrected chi connectivity index (χ3v) is 5.28. The Kier molecular flexibility index (Phi) is 3.69. The van der Waals surface area contributed by atoms with Crippen molar-refractivity contribution in [1.82, 2.24) is 15.3 Å². The number of carboxylic acids is 1. The van der Waals surface area contributed by atoms with Crippen LogP contribution < -0.4 is 5.43 Å². The maximum Gasteiger partial charge on any atom is 0.307 e. The van der Waals surface area contributed by atoms with E-state index in [-0.39, 0.29) is 23.7 Å². The largest absolute Gasteiger partial charge is 0.481 e. The number of aliphatic carboxylic acids is 1. The molecule has 3 rings (SSSR count). The summed E-state index contributed by atoms with van der Waals surface area (Å²) in [5, 5.41) is 11.3. The summed E-state index contributed by atoms with van der Waals surface area (Å²) in [6.07, 6.45) is 2.90. The lowest BCUT2D eigenvalue weighted by atomic mass is 9.79. The van der Waals surface area contributed by atoms with E-state index in [0.717, 1.165) is 45.4 Å². The molecule has 1 aliphatic heterocycles. The van der Waals surface area contributed by atoms with Gasteiger partial charge in [0.2, 0.25) is 5.91 Å². The molecule has 6 nitrogen and oxygen atoms in total. The van der Waals surface area contributed by atoms with Crippen molar-refractivity contribution < 1.29 is 14.7 Å². The van der Waals surface area contributed by atoms with Crippen LogP contribution in [0.1, 0.15) is 19.3 Å². The number of carbonyl (C=O) groups excluding carboxylic acids is 1. The van der Waals surface area contributed by atoms with E-state index in [1.54, 1.807) is 0 Å². The van der Waals surface area contributed by atoms with Crippen molar-refractivity contribution in [2.45, 2.75) is 19.3 Å². The second kappa shape index (κ2) is 5.33. The summed E-state index contributed by atoms with van der Waals surface area (Å²) in [7, 11) is 2.07. The molecule has 0 aromatic rings. The number of rotatable bonds is 3. The quantitative estimate of drug-likeness (QED) is 0.762. The van der Waals surface area contributed by atoms with Gasteiger partial charge >= 0.3 is 5.97 Å². The van der Waals surface area contributed by atoms with Crippen LogP contribution in [0.15, 0.2) is 0 Å². The minimum absolute atomic E-state index is 0.0749. The molecule has 2 N–H and O–H groups in total. The van der Waals surface area contributed by atoms with Crippen molar-refractivity contribution in [3.05, 3.63) is 0 Å². The molecule has 1 saturated heterocycles. The Labute approximate surface area is 119 Å². The first-order chi connectivity index (χ1) is 9.56. The molecule has 1 amide bonds. The first-order valence-corrected chi connectivity index (χ1v) is 7.53. The van der Waals surface area contributed by atoms with Crippen molar-refractivity contribution in [3.63, 3.8) is 0 Å². The van der Waals surface area contributed by atoms with Crippen LogP contribution in [0.5, 0.6) is 0 Å². The van der Waals surface area contributed by atoms with Gasteiger partial charge in [-0.2, -0.15) is 0 Å². The van der Waals surface area contributed by atoms with E-state index in [1.165, 1.54) is 0 Å². The highest BCUT2D eigenvalue weighted by atomic mass is 16.4. The number of likely N-dealkylation sites (N-methyl/N-ethyl adjacent to an activating group) is 1. The van der Waals surface area contributed by atoms with Crippen LogP contribution in [-0.4, -0.2) is 60.1 Å². The summed E-state index contributed by atoms with van der Waals surface area (Å²) in [5.41, 5.74) is 2.96. The number of hydrogen-bond donors (Lipinski definition) is 2. The molecule has 1 heterocycles. The normalized spacial score (nSPS) is 38.0. The van der Waals surface area contributed by atoms with E-state index >= 15 is 0 Å². The molecule has 0 unspecified atom stereocenters. The van der Waals surface area contributed by atoms with Crippen molar-refractivity contribution in [2.24, 2.45) is 23.7 Å². The number of fused-ring (bicyclic) bond motifs is 2. The van der Waals surface area contributed by atoms with Gasteiger partial charge in [0.05, 0.1) is 11.8 Å². The maximum absolute atomic E-state index is 12.5. The number of hydrogen-bond acceptors (Lipinski definition) is 4. The first kappa shape index (κ1) is 13.8. The van der Waals surface area contributed by atoms with E-state index in [0.29, 0.717) is 0 Å². The van der Waals surface area contributed by atoms with Crippen LogP contribution in [0.4, 0.5) is 0 Å². The minimum atomic E-state index is -0.796. The van der Waals surface area contributed by atoms with Crippen molar-refractivity contribution >= 4 is 11.9 Å². The van der Waals surface area contributed by atoms with Gasteiger partial charge in [-0.25, -0.2) is 5.01 Å². The maximum atomic E-state index is 12.5. The number of carboxylic acid groups (broad SMARTS) is 1. The molecule has 3 fully saturated rings. The zero-order chi connectivity index (χ0) is 14.3. The van der Waals surface area contributed by atoms with Crippen LogP contribution >= 0.6 is 0 Å². The Bertz CT molecular complexity index is 406. The number of amides is 1. The van der Waals surface area contributed by atoms with Crippen molar-refractivity contribution in [1.29, 1.82) is 0 Å². The Morgan fingerprint density at radius 3 is 2.25 bits per heavy atom. The molecule has 2 bridgehead atoms. The number of nitrogens with one attached hydrogen (secondary N) is 1. The second-order valence-electron chi connectivity index (χ2n) is 6.49. The molecule has 0 radical (unpaired) electrons. The topological polar surface area (TPSA) is 72.9 Å². The van der Waals surface area contributed by atoms with E-state index in [9.17, 15) is 14.7 Å². The lowest BCUT2D eigenvalue weighted by molar-refractivity contribution is -0.151. The molecule has 20 heavy (non-hydrogen) atoms. The molecule has 0 aromatic carbocycles. The van der Waals surface area contributed by atoms with Gasteiger partial charge in [-0.3, -0.25) is 15.0 Å². The Morgan fingerprint density at radius 1 is 1.05 bits per heavy atom. The molecule has 3 aliphatic rings. The zero-order valence-corrected chi connectivity index (χ0v) is 11.9. The summed E-state index contributed by atoms with van der Waals surface area (Å²) in [6, 6.07) is 0. The minimum Gasteiger partial charge on any atom is -0.481 e. The predicted molar refractivity (Wildman–Crippen MR) is 72.7 cm³/mol. The summed E-state index contributed by atoms with van der Waals surface area (Å²) in [6.45, 7) is 3.47. The van der Waals surface area contributed by atoms with Crippen LogP contribution in [0.2, 0.25) is 0 Å². The fourth-order valence-corrected chi connectivity index (χ4v) is 4.17. The lowest BCUT2D eigenvalue weighted by Crippen LogP contribution is -2.55. The van der Waals surface area contributed by atoms with E-state index < -0.39 is 11.9 Å². The molecule has 2 saturated carbocycles. The van der Waals surface area contributed by atoms with Gasteiger partial charge in [-0.05, 0) is 38.1 Å². The SMILES string of the molecule is CN1CCN(NC(=O)[C@H]2[C@H]3CC[C@@H](C3)[C@H]2C(=O)O)CC1. The Morgan fingerprint density at radius 2 is 1.65 bits per heavy atom. The van der Waals surface area contributed by atoms with Crippen molar-refractivity contribution in [2.75, 3.05) is 33.2 Å². The Balaban J connectivity index is 1.63. The fraction of sp³-hybridized carbons (Fsp3) is 0.857. The van der Waals surface area contributed by atoms with Gasteiger partial charge in [0.25, 0.3) is 0 Å². The van der Waals surface area contributed by atoms with Gasteiger partial charge in [-0.1, -0.05) is 0 Å². The zero-order valence-electron chi connectivity index (χ0n) is 11.9. The molecular weight excluding hydrogens is 258 g/mol. The smallest absolute Gasteiger partial charge is 0.307 e. The number of carbonyl (C=O) groups is 2. The highest BCUT2D eigenvalue weighted by molar-refractivity contribution is 5.85. The highest BCUT2D eigenvalue weighted by Gasteiger charge is 2.54. The standard InChI is InChI=1S/C14H23N3O3/c1-16-4-6-17(7-5-16)15-13(18)11-9-2-3-10(8-9)12(11)14(19)20/h9-12H,2-8H2,1H3,(H,15,18)(H,19,20)/t9-,10-,11-,12+/m0/s1. The molecule has 2 aliphatic carbocycles. The number of nitrogens with zero attached hydrogens (tertiary/aromatic N) is 2. The van der Waals surface area contributed by atoms with Crippen LogP contribution in [-0.2, 0) is 9.59 Å². The van der Waals surface area contributed by atoms with Gasteiger partial charge in [-0.15, -0.1) is 0 Å². The predicted octanol–water partition coefficient (Wildman–Crippen LogP) is 0.0119. The molecule has 112 valence electrons. The van der Waals surface area contributed by atoms with Crippen LogP contribution in [0, 0.1) is 23.7 Å². The molecular formula is C14H23N3O3. The molecule has 4 atom stereocenters. The number of hydrazine groups is 1. The summed E-state index contributed by atoms with van der Waals surface area (Å²) < 4.78 is 0. The lowest BCUT2D eigenvalue weighted by Gasteiger charge is -2.35. The van der Waals surface area contributed by atoms with Crippen LogP contribution in [0.25, 0.3) is 0 Å². The summed E-state index contributed by atoms with van der Waals surface area (Å²) in [4.78, 5) is 26.1. The molecule has 0 spiro atoms. The third kappa shape index (κ3) is 2.42. The average Bonchev–Trinajstić information content (AvgIpc) is 3.01. The third-order valence-electron chi connectivity index (χ3n) is 5.28. The van der Waals surface area contributed by atoms with E-state index in [2.05, 4.69) is 17.4 Å². The second-order valence-corrected chi connectivity index (χ2v) is 6.49. The monoisotopic (exact) mass is 281 g/mol. The van der Waals surface area contributed by atoms with Gasteiger partial charge in [0.1, 0.15) is 0 Å². The summed E-state index contributed by atoms with van der Waals surface area (Å²) in [5.74, 6) is -1.19. The van der Waals surface area contributed by atoms with E-state index in [1.807, 2.05) is 5.01 Å². The highest BCUT2D eigenvalue weighted by Crippen LogP contribution is 2.52. The molecule has 6 heteroatoms. The van der Waals surface area contributed by atoms with Crippen LogP contribution in [0.3, 0.4) is 0 Å². The number of piperazine rings is 1. The van der Waals surface area contributed by atoms with Gasteiger partial charge in [0, 0.05) is 26.2 Å². The van der Waals surface area contributed by atoms with Gasteiger partial charge < -0.3 is 10.0 Å². The fourth-order valence-electron chi connectivity index (χ4n) is 4.17. The first-order valence-electron chi connectivity index (χ1n) is 7.53. The molecule has 0 aromatic heterocycles. The van der Waals surface area contributed by atoms with E-state index in [4.69, 9.17) is 0 Å². The Hall–Kier alpha value is -1.14. The summed E-state index contributed by atoms with van der Waals surface area (Å²) >= 11 is 0. The van der Waals surface area contributed by atoms with Gasteiger partial charge in [0.15, 0.2) is 0 Å².